The van der Waals surface area contributed by atoms with E-state index in [4.69, 9.17) is 9.47 Å². The summed E-state index contributed by atoms with van der Waals surface area (Å²) in [4.78, 5) is 15.9. The van der Waals surface area contributed by atoms with Crippen LogP contribution in [0.2, 0.25) is 0 Å². The summed E-state index contributed by atoms with van der Waals surface area (Å²) in [5.41, 5.74) is 1.34. The lowest BCUT2D eigenvalue weighted by Crippen LogP contribution is -1.98. The predicted octanol–water partition coefficient (Wildman–Crippen LogP) is 1.65. The quantitative estimate of drug-likeness (QED) is 0.853. The van der Waals surface area contributed by atoms with Gasteiger partial charge in [-0.1, -0.05) is 12.1 Å². The second kappa shape index (κ2) is 5.96. The predicted molar refractivity (Wildman–Crippen MR) is 73.0 cm³/mol. The fourth-order valence-corrected chi connectivity index (χ4v) is 1.48. The van der Waals surface area contributed by atoms with Crippen molar-refractivity contribution in [3.8, 4) is 17.8 Å². The maximum Gasteiger partial charge on any atom is 0.324 e. The average Bonchev–Trinajstić information content (AvgIpc) is 2.48. The Balaban J connectivity index is 2.33. The molecule has 0 amide bonds. The summed E-state index contributed by atoms with van der Waals surface area (Å²) in [5, 5.41) is 9.88. The molecule has 0 spiro atoms. The number of aromatic nitrogens is 3. The first-order valence-corrected chi connectivity index (χ1v) is 5.80. The lowest BCUT2D eigenvalue weighted by molar-refractivity contribution is 0.341. The van der Waals surface area contributed by atoms with E-state index in [9.17, 15) is 5.11 Å². The first-order chi connectivity index (χ1) is 9.63. The van der Waals surface area contributed by atoms with Crippen LogP contribution in [0.15, 0.2) is 23.2 Å². The number of methoxy groups -OCH3 is 2. The third kappa shape index (κ3) is 3.00. The molecule has 0 atom stereocenters. The van der Waals surface area contributed by atoms with Gasteiger partial charge < -0.3 is 14.6 Å². The maximum atomic E-state index is 9.88. The van der Waals surface area contributed by atoms with Gasteiger partial charge in [0, 0.05) is 11.8 Å². The molecule has 0 saturated heterocycles. The molecular weight excluding hydrogens is 260 g/mol. The van der Waals surface area contributed by atoms with Crippen molar-refractivity contribution in [2.45, 2.75) is 6.92 Å². The number of aryl methyl sites for hydroxylation is 1. The molecule has 0 aliphatic heterocycles. The van der Waals surface area contributed by atoms with Gasteiger partial charge in [0.05, 0.1) is 14.2 Å². The van der Waals surface area contributed by atoms with Gasteiger partial charge in [0.25, 0.3) is 5.95 Å². The highest BCUT2D eigenvalue weighted by molar-refractivity contribution is 5.85. The zero-order chi connectivity index (χ0) is 14.5. The largest absolute Gasteiger partial charge is 0.507 e. The van der Waals surface area contributed by atoms with Gasteiger partial charge in [0.2, 0.25) is 0 Å². The standard InChI is InChI=1S/C13H14N4O3/c1-8-5-4-6-9(10(8)18)7-14-11-15-12(19-2)17-13(16-11)20-3/h4-7,18H,1-3H3. The molecule has 0 fully saturated rings. The number of hydrogen-bond donors (Lipinski definition) is 1. The van der Waals surface area contributed by atoms with Gasteiger partial charge >= 0.3 is 12.0 Å². The number of nitrogens with zero attached hydrogens (tertiary/aromatic N) is 4. The van der Waals surface area contributed by atoms with Crippen molar-refractivity contribution < 1.29 is 14.6 Å². The molecule has 2 rings (SSSR count). The van der Waals surface area contributed by atoms with Crippen LogP contribution >= 0.6 is 0 Å². The van der Waals surface area contributed by atoms with Gasteiger partial charge in [-0.25, -0.2) is 4.99 Å². The number of aromatic hydroxyl groups is 1. The molecule has 0 bridgehead atoms. The van der Waals surface area contributed by atoms with Gasteiger partial charge in [0.1, 0.15) is 5.75 Å². The molecule has 104 valence electrons. The van der Waals surface area contributed by atoms with Crippen LogP contribution < -0.4 is 9.47 Å². The zero-order valence-electron chi connectivity index (χ0n) is 11.4. The lowest BCUT2D eigenvalue weighted by atomic mass is 10.1. The van der Waals surface area contributed by atoms with E-state index < -0.39 is 0 Å². The maximum absolute atomic E-state index is 9.88. The van der Waals surface area contributed by atoms with E-state index >= 15 is 0 Å². The van der Waals surface area contributed by atoms with E-state index in [1.807, 2.05) is 19.1 Å². The van der Waals surface area contributed by atoms with Gasteiger partial charge in [-0.05, 0) is 18.6 Å². The Bertz CT molecular complexity index is 621. The Hall–Kier alpha value is -2.70. The summed E-state index contributed by atoms with van der Waals surface area (Å²) in [5.74, 6) is 0.304. The first kappa shape index (κ1) is 13.7. The van der Waals surface area contributed by atoms with Gasteiger partial charge in [0.15, 0.2) is 0 Å². The minimum atomic E-state index is 0.109. The van der Waals surface area contributed by atoms with Crippen LogP contribution in [-0.2, 0) is 0 Å². The normalized spacial score (nSPS) is 10.8. The molecule has 1 aromatic carbocycles. The SMILES string of the molecule is COc1nc(N=Cc2cccc(C)c2O)nc(OC)n1. The summed E-state index contributed by atoms with van der Waals surface area (Å²) in [6.07, 6.45) is 1.47. The summed E-state index contributed by atoms with van der Waals surface area (Å²) in [6, 6.07) is 5.59. The fraction of sp³-hybridized carbons (Fsp3) is 0.231. The third-order valence-electron chi connectivity index (χ3n) is 2.54. The van der Waals surface area contributed by atoms with E-state index in [2.05, 4.69) is 19.9 Å². The molecule has 7 nitrogen and oxygen atoms in total. The van der Waals surface area contributed by atoms with Crippen LogP contribution in [0.3, 0.4) is 0 Å². The highest BCUT2D eigenvalue weighted by Gasteiger charge is 2.06. The number of aliphatic imine (C=N–C) groups is 1. The van der Waals surface area contributed by atoms with Gasteiger partial charge in [-0.2, -0.15) is 9.97 Å². The Kier molecular flexibility index (Phi) is 4.09. The molecule has 0 saturated carbocycles. The molecule has 0 aliphatic rings. The van der Waals surface area contributed by atoms with E-state index in [-0.39, 0.29) is 23.7 Å². The smallest absolute Gasteiger partial charge is 0.324 e. The van der Waals surface area contributed by atoms with Gasteiger partial charge in [-0.3, -0.25) is 0 Å². The zero-order valence-corrected chi connectivity index (χ0v) is 11.4. The minimum Gasteiger partial charge on any atom is -0.507 e. The molecule has 0 radical (unpaired) electrons. The van der Waals surface area contributed by atoms with Crippen molar-refractivity contribution in [2.24, 2.45) is 4.99 Å². The van der Waals surface area contributed by atoms with E-state index in [1.165, 1.54) is 20.4 Å². The van der Waals surface area contributed by atoms with Crippen molar-refractivity contribution in [1.29, 1.82) is 0 Å². The highest BCUT2D eigenvalue weighted by Crippen LogP contribution is 2.20. The van der Waals surface area contributed by atoms with Crippen LogP contribution in [-0.4, -0.2) is 40.5 Å². The highest BCUT2D eigenvalue weighted by atomic mass is 16.5. The van der Waals surface area contributed by atoms with Crippen molar-refractivity contribution in [1.82, 2.24) is 15.0 Å². The minimum absolute atomic E-state index is 0.109. The van der Waals surface area contributed by atoms with E-state index in [0.717, 1.165) is 5.56 Å². The summed E-state index contributed by atoms with van der Waals surface area (Å²) in [7, 11) is 2.88. The molecule has 1 heterocycles. The summed E-state index contributed by atoms with van der Waals surface area (Å²) < 4.78 is 9.85. The molecule has 1 aromatic heterocycles. The van der Waals surface area contributed by atoms with Gasteiger partial charge in [-0.15, -0.1) is 4.98 Å². The number of ether oxygens (including phenoxy) is 2. The molecular formula is C13H14N4O3. The monoisotopic (exact) mass is 274 g/mol. The van der Waals surface area contributed by atoms with Crippen LogP contribution in [0.25, 0.3) is 0 Å². The number of phenols is 1. The van der Waals surface area contributed by atoms with Crippen molar-refractivity contribution in [2.75, 3.05) is 14.2 Å². The van der Waals surface area contributed by atoms with Crippen LogP contribution in [0.1, 0.15) is 11.1 Å². The van der Waals surface area contributed by atoms with Crippen molar-refractivity contribution in [3.63, 3.8) is 0 Å². The van der Waals surface area contributed by atoms with Crippen molar-refractivity contribution in [3.05, 3.63) is 29.3 Å². The van der Waals surface area contributed by atoms with Crippen LogP contribution in [0, 0.1) is 6.92 Å². The Labute approximate surface area is 116 Å². The summed E-state index contributed by atoms with van der Waals surface area (Å²) >= 11 is 0. The average molecular weight is 274 g/mol. The van der Waals surface area contributed by atoms with E-state index in [1.54, 1.807) is 6.07 Å². The Morgan fingerprint density at radius 2 is 1.75 bits per heavy atom. The molecule has 0 aliphatic carbocycles. The Morgan fingerprint density at radius 3 is 2.35 bits per heavy atom. The van der Waals surface area contributed by atoms with E-state index in [0.29, 0.717) is 5.56 Å². The molecule has 2 aromatic rings. The molecule has 7 heteroatoms. The van der Waals surface area contributed by atoms with Crippen LogP contribution in [0.5, 0.6) is 17.8 Å². The number of benzene rings is 1. The van der Waals surface area contributed by atoms with Crippen molar-refractivity contribution >= 4 is 12.2 Å². The number of hydrogen-bond acceptors (Lipinski definition) is 7. The number of phenolic OH excluding ortho intramolecular Hbond substituents is 1. The fourth-order valence-electron chi connectivity index (χ4n) is 1.48. The summed E-state index contributed by atoms with van der Waals surface area (Å²) in [6.45, 7) is 1.81. The molecule has 20 heavy (non-hydrogen) atoms. The topological polar surface area (TPSA) is 89.7 Å². The third-order valence-corrected chi connectivity index (χ3v) is 2.54. The second-order valence-electron chi connectivity index (χ2n) is 3.88. The Morgan fingerprint density at radius 1 is 1.10 bits per heavy atom. The molecule has 0 unspecified atom stereocenters. The van der Waals surface area contributed by atoms with Crippen LogP contribution in [0.4, 0.5) is 5.95 Å². The molecule has 1 N–H and O–H groups in total. The first-order valence-electron chi connectivity index (χ1n) is 5.80. The number of rotatable bonds is 4. The second-order valence-corrected chi connectivity index (χ2v) is 3.88. The lowest BCUT2D eigenvalue weighted by Gasteiger charge is -2.03. The number of para-hydroxylation sites is 1.